The third kappa shape index (κ3) is 4.40. The molecular formula is C12H21N3O. The first-order chi connectivity index (χ1) is 7.74. The van der Waals surface area contributed by atoms with Crippen LogP contribution in [0.3, 0.4) is 0 Å². The molecule has 90 valence electrons. The first-order valence-electron chi connectivity index (χ1n) is 5.70. The van der Waals surface area contributed by atoms with E-state index in [1.165, 1.54) is 0 Å². The second-order valence-corrected chi connectivity index (χ2v) is 3.74. The molecular weight excluding hydrogens is 202 g/mol. The predicted octanol–water partition coefficient (Wildman–Crippen LogP) is 2.08. The van der Waals surface area contributed by atoms with Gasteiger partial charge in [0.2, 0.25) is 0 Å². The van der Waals surface area contributed by atoms with Crippen molar-refractivity contribution < 1.29 is 4.74 Å². The Hall–Kier alpha value is -1.42. The van der Waals surface area contributed by atoms with Crippen LogP contribution in [0.4, 0.5) is 17.1 Å². The summed E-state index contributed by atoms with van der Waals surface area (Å²) in [4.78, 5) is 0. The van der Waals surface area contributed by atoms with Crippen molar-refractivity contribution in [3.8, 4) is 0 Å². The molecule has 0 radical (unpaired) electrons. The highest BCUT2D eigenvalue weighted by atomic mass is 16.5. The second-order valence-electron chi connectivity index (χ2n) is 3.74. The van der Waals surface area contributed by atoms with Crippen molar-refractivity contribution in [2.45, 2.75) is 19.8 Å². The molecule has 0 aliphatic heterocycles. The highest BCUT2D eigenvalue weighted by Crippen LogP contribution is 2.19. The monoisotopic (exact) mass is 223 g/mol. The number of nitrogens with two attached hydrogens (primary N) is 2. The highest BCUT2D eigenvalue weighted by molar-refractivity contribution is 5.69. The summed E-state index contributed by atoms with van der Waals surface area (Å²) in [5.74, 6) is 0. The van der Waals surface area contributed by atoms with Crippen LogP contribution in [0, 0.1) is 0 Å². The first kappa shape index (κ1) is 12.6. The number of rotatable bonds is 7. The van der Waals surface area contributed by atoms with Gasteiger partial charge in [-0.3, -0.25) is 0 Å². The van der Waals surface area contributed by atoms with Crippen molar-refractivity contribution in [2.75, 3.05) is 36.5 Å². The van der Waals surface area contributed by atoms with E-state index in [-0.39, 0.29) is 0 Å². The van der Waals surface area contributed by atoms with E-state index < -0.39 is 0 Å². The van der Waals surface area contributed by atoms with Crippen LogP contribution in [0.25, 0.3) is 0 Å². The van der Waals surface area contributed by atoms with Crippen molar-refractivity contribution >= 4 is 17.1 Å². The molecule has 16 heavy (non-hydrogen) atoms. The van der Waals surface area contributed by atoms with E-state index in [0.29, 0.717) is 11.4 Å². The maximum absolute atomic E-state index is 5.70. The van der Waals surface area contributed by atoms with Gasteiger partial charge in [-0.15, -0.1) is 0 Å². The molecule has 0 amide bonds. The van der Waals surface area contributed by atoms with Crippen LogP contribution in [-0.2, 0) is 4.74 Å². The second kappa shape index (κ2) is 6.95. The Morgan fingerprint density at radius 2 is 2.00 bits per heavy atom. The van der Waals surface area contributed by atoms with Gasteiger partial charge in [0.05, 0.1) is 11.4 Å². The number of nitrogen functional groups attached to an aromatic ring is 2. The predicted molar refractivity (Wildman–Crippen MR) is 69.5 cm³/mol. The Kier molecular flexibility index (Phi) is 5.50. The van der Waals surface area contributed by atoms with Gasteiger partial charge in [0.1, 0.15) is 0 Å². The number of benzene rings is 1. The summed E-state index contributed by atoms with van der Waals surface area (Å²) >= 11 is 0. The summed E-state index contributed by atoms with van der Waals surface area (Å²) in [5.41, 5.74) is 13.6. The maximum Gasteiger partial charge on any atom is 0.0568 e. The van der Waals surface area contributed by atoms with Crippen LogP contribution in [0.5, 0.6) is 0 Å². The topological polar surface area (TPSA) is 73.3 Å². The number of ether oxygens (including phenoxy) is 1. The number of nitrogens with one attached hydrogen (secondary N) is 1. The average molecular weight is 223 g/mol. The Morgan fingerprint density at radius 3 is 2.69 bits per heavy atom. The first-order valence-corrected chi connectivity index (χ1v) is 5.70. The molecule has 0 atom stereocenters. The zero-order valence-electron chi connectivity index (χ0n) is 9.83. The molecule has 0 bridgehead atoms. The molecule has 4 nitrogen and oxygen atoms in total. The SMILES string of the molecule is CCCOCCCNc1ccc(N)c(N)c1. The van der Waals surface area contributed by atoms with Crippen molar-refractivity contribution in [1.82, 2.24) is 0 Å². The summed E-state index contributed by atoms with van der Waals surface area (Å²) < 4.78 is 5.38. The van der Waals surface area contributed by atoms with Crippen molar-refractivity contribution in [2.24, 2.45) is 0 Å². The number of hydrogen-bond donors (Lipinski definition) is 3. The third-order valence-electron chi connectivity index (χ3n) is 2.23. The van der Waals surface area contributed by atoms with Gasteiger partial charge < -0.3 is 21.5 Å². The fourth-order valence-electron chi connectivity index (χ4n) is 1.34. The van der Waals surface area contributed by atoms with Crippen molar-refractivity contribution in [3.05, 3.63) is 18.2 Å². The van der Waals surface area contributed by atoms with E-state index in [2.05, 4.69) is 12.2 Å². The average Bonchev–Trinajstić information content (AvgIpc) is 2.28. The van der Waals surface area contributed by atoms with Crippen LogP contribution in [0.2, 0.25) is 0 Å². The minimum atomic E-state index is 0.618. The van der Waals surface area contributed by atoms with Crippen molar-refractivity contribution in [1.29, 1.82) is 0 Å². The van der Waals surface area contributed by atoms with Crippen LogP contribution in [-0.4, -0.2) is 19.8 Å². The molecule has 1 rings (SSSR count). The van der Waals surface area contributed by atoms with E-state index in [1.54, 1.807) is 0 Å². The molecule has 0 heterocycles. The third-order valence-corrected chi connectivity index (χ3v) is 2.23. The van der Waals surface area contributed by atoms with E-state index in [1.807, 2.05) is 18.2 Å². The standard InChI is InChI=1S/C12H21N3O/c1-2-7-16-8-3-6-15-10-4-5-11(13)12(14)9-10/h4-5,9,15H,2-3,6-8,13-14H2,1H3. The molecule has 0 aromatic heterocycles. The van der Waals surface area contributed by atoms with Gasteiger partial charge >= 0.3 is 0 Å². The lowest BCUT2D eigenvalue weighted by Gasteiger charge is -2.08. The van der Waals surface area contributed by atoms with Gasteiger partial charge in [0.25, 0.3) is 0 Å². The molecule has 0 aliphatic rings. The summed E-state index contributed by atoms with van der Waals surface area (Å²) in [6.45, 7) is 4.63. The molecule has 5 N–H and O–H groups in total. The normalized spacial score (nSPS) is 10.3. The van der Waals surface area contributed by atoms with Crippen LogP contribution >= 0.6 is 0 Å². The zero-order valence-corrected chi connectivity index (χ0v) is 9.83. The molecule has 0 fully saturated rings. The number of hydrogen-bond acceptors (Lipinski definition) is 4. The molecule has 0 aliphatic carbocycles. The maximum atomic E-state index is 5.70. The zero-order chi connectivity index (χ0) is 11.8. The van der Waals surface area contributed by atoms with Gasteiger partial charge in [-0.2, -0.15) is 0 Å². The van der Waals surface area contributed by atoms with E-state index in [4.69, 9.17) is 16.2 Å². The lowest BCUT2D eigenvalue weighted by molar-refractivity contribution is 0.134. The van der Waals surface area contributed by atoms with Gasteiger partial charge in [-0.25, -0.2) is 0 Å². The summed E-state index contributed by atoms with van der Waals surface area (Å²) in [6.07, 6.45) is 2.06. The lowest BCUT2D eigenvalue weighted by atomic mass is 10.2. The summed E-state index contributed by atoms with van der Waals surface area (Å²) in [7, 11) is 0. The van der Waals surface area contributed by atoms with Gasteiger partial charge in [-0.1, -0.05) is 6.92 Å². The minimum Gasteiger partial charge on any atom is -0.397 e. The Balaban J connectivity index is 2.19. The molecule has 0 spiro atoms. The molecule has 1 aromatic carbocycles. The Morgan fingerprint density at radius 1 is 1.19 bits per heavy atom. The Labute approximate surface area is 97.0 Å². The molecule has 1 aromatic rings. The van der Waals surface area contributed by atoms with Crippen LogP contribution in [0.15, 0.2) is 18.2 Å². The Bertz CT molecular complexity index is 315. The van der Waals surface area contributed by atoms with Crippen molar-refractivity contribution in [3.63, 3.8) is 0 Å². The molecule has 0 saturated carbocycles. The highest BCUT2D eigenvalue weighted by Gasteiger charge is 1.96. The van der Waals surface area contributed by atoms with Gasteiger partial charge in [0, 0.05) is 25.4 Å². The fourth-order valence-corrected chi connectivity index (χ4v) is 1.34. The summed E-state index contributed by atoms with van der Waals surface area (Å²) in [6, 6.07) is 5.59. The molecule has 0 unspecified atom stereocenters. The van der Waals surface area contributed by atoms with Gasteiger partial charge in [-0.05, 0) is 31.0 Å². The van der Waals surface area contributed by atoms with Crippen LogP contribution in [0.1, 0.15) is 19.8 Å². The van der Waals surface area contributed by atoms with Crippen LogP contribution < -0.4 is 16.8 Å². The lowest BCUT2D eigenvalue weighted by Crippen LogP contribution is -2.06. The smallest absolute Gasteiger partial charge is 0.0568 e. The molecule has 4 heteroatoms. The largest absolute Gasteiger partial charge is 0.397 e. The van der Waals surface area contributed by atoms with E-state index in [9.17, 15) is 0 Å². The summed E-state index contributed by atoms with van der Waals surface area (Å²) in [5, 5.41) is 3.27. The van der Waals surface area contributed by atoms with E-state index in [0.717, 1.165) is 38.3 Å². The van der Waals surface area contributed by atoms with Gasteiger partial charge in [0.15, 0.2) is 0 Å². The molecule has 0 saturated heterocycles. The number of anilines is 3. The van der Waals surface area contributed by atoms with E-state index >= 15 is 0 Å². The fraction of sp³-hybridized carbons (Fsp3) is 0.500. The minimum absolute atomic E-state index is 0.618. The quantitative estimate of drug-likeness (QED) is 0.489.